The summed E-state index contributed by atoms with van der Waals surface area (Å²) < 4.78 is 40.0. The summed E-state index contributed by atoms with van der Waals surface area (Å²) >= 11 is 0. The van der Waals surface area contributed by atoms with Gasteiger partial charge in [0, 0.05) is 5.69 Å². The fraction of sp³-hybridized carbons (Fsp3) is 0.378. The average Bonchev–Trinajstić information content (AvgIpc) is 3.94. The van der Waals surface area contributed by atoms with Crippen LogP contribution in [0.4, 0.5) is 10.5 Å². The highest BCUT2D eigenvalue weighted by Crippen LogP contribution is 2.45. The van der Waals surface area contributed by atoms with Gasteiger partial charge >= 0.3 is 6.03 Å². The first-order valence-electron chi connectivity index (χ1n) is 19.8. The van der Waals surface area contributed by atoms with Crippen molar-refractivity contribution in [1.29, 1.82) is 0 Å². The van der Waals surface area contributed by atoms with Gasteiger partial charge in [-0.15, -0.1) is 0 Å². The van der Waals surface area contributed by atoms with E-state index >= 15 is 4.21 Å². The van der Waals surface area contributed by atoms with E-state index in [4.69, 9.17) is 18.6 Å². The molecule has 2 aliphatic carbocycles. The molecular weight excluding hydrogens is 735 g/mol. The normalized spacial score (nSPS) is 18.9. The van der Waals surface area contributed by atoms with Crippen molar-refractivity contribution in [1.82, 2.24) is 14.5 Å². The van der Waals surface area contributed by atoms with E-state index in [-0.39, 0.29) is 16.5 Å². The first-order valence-corrected chi connectivity index (χ1v) is 24.2. The molecule has 0 bridgehead atoms. The second-order valence-electron chi connectivity index (χ2n) is 17.3. The standard InChI is InChI=1S/C45H53N5O4SSi/c1-43(2,3)56(5,6)54-44(4)30-50-41(53-31-44)39(29-46-50)55(52,48-42(51)47-40-37-26-16-18-32(37)28-33-19-17-27-38(33)40)49-45(34-20-10-7-11-21-34,35-22-12-8-13-23-35)36-24-14-9-15-25-36/h7-15,20-25,28-29H,16-19,26-27,30-31H2,1-6H3,(H2,47,48,49,51,52)/t44-,55-/m1/s1. The highest BCUT2D eigenvalue weighted by Gasteiger charge is 2.47. The molecule has 0 radical (unpaired) electrons. The number of aryl methyl sites for hydroxylation is 2. The molecule has 1 aliphatic heterocycles. The van der Waals surface area contributed by atoms with Crippen LogP contribution in [-0.4, -0.2) is 40.5 Å². The number of hydrogen-bond acceptors (Lipinski definition) is 6. The zero-order valence-corrected chi connectivity index (χ0v) is 35.2. The molecule has 292 valence electrons. The van der Waals surface area contributed by atoms with Gasteiger partial charge < -0.3 is 14.5 Å². The van der Waals surface area contributed by atoms with Crippen LogP contribution in [0.5, 0.6) is 5.88 Å². The summed E-state index contributed by atoms with van der Waals surface area (Å²) in [5.74, 6) is 0.305. The van der Waals surface area contributed by atoms with E-state index in [1.165, 1.54) is 22.3 Å². The number of nitrogens with zero attached hydrogens (tertiary/aromatic N) is 3. The fourth-order valence-corrected chi connectivity index (χ4v) is 12.0. The van der Waals surface area contributed by atoms with Gasteiger partial charge in [-0.2, -0.15) is 9.46 Å². The van der Waals surface area contributed by atoms with Crippen molar-refractivity contribution in [2.75, 3.05) is 11.9 Å². The molecule has 2 amide bonds. The van der Waals surface area contributed by atoms with Crippen LogP contribution in [-0.2, 0) is 52.1 Å². The lowest BCUT2D eigenvalue weighted by molar-refractivity contribution is -0.0218. The van der Waals surface area contributed by atoms with Crippen molar-refractivity contribution in [2.24, 2.45) is 4.36 Å². The molecule has 0 spiro atoms. The number of carbonyl (C=O) groups excluding carboxylic acids is 1. The van der Waals surface area contributed by atoms with E-state index in [2.05, 4.69) is 50.0 Å². The van der Waals surface area contributed by atoms with Crippen molar-refractivity contribution >= 4 is 30.0 Å². The average molecular weight is 788 g/mol. The van der Waals surface area contributed by atoms with E-state index in [0.29, 0.717) is 12.4 Å². The molecule has 1 aromatic heterocycles. The molecule has 5 aromatic rings. The van der Waals surface area contributed by atoms with Gasteiger partial charge in [0.2, 0.25) is 5.88 Å². The Kier molecular flexibility index (Phi) is 9.78. The summed E-state index contributed by atoms with van der Waals surface area (Å²) in [6.07, 6.45) is 7.43. The third kappa shape index (κ3) is 6.88. The van der Waals surface area contributed by atoms with Gasteiger partial charge in [0.15, 0.2) is 18.2 Å². The van der Waals surface area contributed by atoms with Crippen LogP contribution < -0.4 is 14.8 Å². The van der Waals surface area contributed by atoms with E-state index < -0.39 is 35.4 Å². The Balaban J connectivity index is 1.31. The van der Waals surface area contributed by atoms with Crippen LogP contribution >= 0.6 is 0 Å². The summed E-state index contributed by atoms with van der Waals surface area (Å²) in [6, 6.07) is 31.3. The third-order valence-corrected chi connectivity index (χ3v) is 18.6. The minimum Gasteiger partial charge on any atom is -0.474 e. The van der Waals surface area contributed by atoms with E-state index in [0.717, 1.165) is 60.9 Å². The zero-order chi connectivity index (χ0) is 39.3. The summed E-state index contributed by atoms with van der Waals surface area (Å²) in [5, 5.41) is 7.98. The molecular formula is C45H53N5O4SSi. The number of anilines is 1. The Bertz CT molecular complexity index is 2260. The molecule has 0 unspecified atom stereocenters. The van der Waals surface area contributed by atoms with Crippen molar-refractivity contribution < 1.29 is 18.2 Å². The van der Waals surface area contributed by atoms with Crippen LogP contribution in [0.25, 0.3) is 0 Å². The van der Waals surface area contributed by atoms with Gasteiger partial charge in [-0.3, -0.25) is 0 Å². The number of amides is 2. The topological polar surface area (TPSA) is 107 Å². The first kappa shape index (κ1) is 38.2. The zero-order valence-electron chi connectivity index (χ0n) is 33.4. The van der Waals surface area contributed by atoms with Gasteiger partial charge in [-0.05, 0) is 103 Å². The van der Waals surface area contributed by atoms with Gasteiger partial charge in [0.1, 0.15) is 22.6 Å². The number of nitrogens with one attached hydrogen (secondary N) is 2. The molecule has 2 heterocycles. The van der Waals surface area contributed by atoms with Gasteiger partial charge in [0.05, 0.1) is 12.7 Å². The maximum atomic E-state index is 16.3. The van der Waals surface area contributed by atoms with Crippen molar-refractivity contribution in [3.63, 3.8) is 0 Å². The molecule has 0 saturated heterocycles. The van der Waals surface area contributed by atoms with E-state index in [1.54, 1.807) is 10.9 Å². The Morgan fingerprint density at radius 2 is 1.38 bits per heavy atom. The molecule has 3 aliphatic rings. The summed E-state index contributed by atoms with van der Waals surface area (Å²) in [7, 11) is -6.08. The van der Waals surface area contributed by atoms with Crippen molar-refractivity contribution in [2.45, 2.75) is 107 Å². The summed E-state index contributed by atoms with van der Waals surface area (Å²) in [6.45, 7) is 13.8. The van der Waals surface area contributed by atoms with Crippen LogP contribution in [0.15, 0.2) is 113 Å². The Labute approximate surface area is 332 Å². The Morgan fingerprint density at radius 3 is 1.88 bits per heavy atom. The predicted molar refractivity (Wildman–Crippen MR) is 225 cm³/mol. The van der Waals surface area contributed by atoms with E-state index in [9.17, 15) is 4.79 Å². The summed E-state index contributed by atoms with van der Waals surface area (Å²) in [5.41, 5.74) is 6.22. The van der Waals surface area contributed by atoms with E-state index in [1.807, 2.05) is 97.9 Å². The molecule has 11 heteroatoms. The Hall–Kier alpha value is -4.71. The molecule has 9 nitrogen and oxygen atoms in total. The van der Waals surface area contributed by atoms with Gasteiger partial charge in [-0.1, -0.05) is 118 Å². The van der Waals surface area contributed by atoms with Gasteiger partial charge in [-0.25, -0.2) is 18.4 Å². The molecule has 2 N–H and O–H groups in total. The molecule has 0 fully saturated rings. The lowest BCUT2D eigenvalue weighted by Crippen LogP contribution is -2.54. The maximum Gasteiger partial charge on any atom is 0.331 e. The second-order valence-corrected chi connectivity index (χ2v) is 23.9. The third-order valence-electron chi connectivity index (χ3n) is 12.1. The molecule has 8 rings (SSSR count). The fourth-order valence-electron chi connectivity index (χ4n) is 8.47. The SMILES string of the molecule is CC(C)(C)[Si](C)(C)O[C@@]1(C)COc2c([S@](=O)(=NC(c3ccccc3)(c3ccccc3)c3ccccc3)NC(=O)Nc3c4c(cc5c3CCC5)CCC4)cnn2C1. The number of benzene rings is 4. The van der Waals surface area contributed by atoms with Crippen LogP contribution in [0.3, 0.4) is 0 Å². The van der Waals surface area contributed by atoms with Crippen molar-refractivity contribution in [3.05, 3.63) is 142 Å². The number of ether oxygens (including phenoxy) is 1. The maximum absolute atomic E-state index is 16.3. The van der Waals surface area contributed by atoms with Crippen molar-refractivity contribution in [3.8, 4) is 5.88 Å². The molecule has 4 aromatic carbocycles. The van der Waals surface area contributed by atoms with Crippen LogP contribution in [0.1, 0.15) is 79.5 Å². The molecule has 2 atom stereocenters. The Morgan fingerprint density at radius 1 is 0.857 bits per heavy atom. The lowest BCUT2D eigenvalue weighted by Gasteiger charge is -2.45. The van der Waals surface area contributed by atoms with Crippen LogP contribution in [0, 0.1) is 0 Å². The van der Waals surface area contributed by atoms with Crippen LogP contribution in [0.2, 0.25) is 18.1 Å². The number of carbonyl (C=O) groups is 1. The second kappa shape index (κ2) is 14.3. The minimum absolute atomic E-state index is 0.00924. The lowest BCUT2D eigenvalue weighted by atomic mass is 9.78. The number of aromatic nitrogens is 2. The largest absolute Gasteiger partial charge is 0.474 e. The smallest absolute Gasteiger partial charge is 0.331 e. The number of rotatable bonds is 9. The highest BCUT2D eigenvalue weighted by atomic mass is 32.2. The molecule has 0 saturated carbocycles. The molecule has 56 heavy (non-hydrogen) atoms. The minimum atomic E-state index is -3.89. The number of fused-ring (bicyclic) bond motifs is 3. The summed E-state index contributed by atoms with van der Waals surface area (Å²) in [4.78, 5) is 14.8. The quantitative estimate of drug-likeness (QED) is 0.114. The highest BCUT2D eigenvalue weighted by molar-refractivity contribution is 7.92. The number of hydrogen-bond donors (Lipinski definition) is 2. The number of urea groups is 1. The van der Waals surface area contributed by atoms with Gasteiger partial charge in [0.25, 0.3) is 0 Å². The first-order chi connectivity index (χ1) is 26.7. The monoisotopic (exact) mass is 787 g/mol. The predicted octanol–water partition coefficient (Wildman–Crippen LogP) is 9.59.